The first-order chi connectivity index (χ1) is 9.11. The summed E-state index contributed by atoms with van der Waals surface area (Å²) in [4.78, 5) is 22.9. The van der Waals surface area contributed by atoms with Gasteiger partial charge in [-0.25, -0.2) is 4.79 Å². The summed E-state index contributed by atoms with van der Waals surface area (Å²) >= 11 is 8.22. The lowest BCUT2D eigenvalue weighted by molar-refractivity contribution is -0.126. The molecule has 1 aromatic carbocycles. The fourth-order valence-corrected chi connectivity index (χ4v) is 1.81. The number of aromatic carboxylic acids is 1. The molecule has 0 saturated carbocycles. The third kappa shape index (κ3) is 4.57. The Hall–Kier alpha value is -1.47. The molecule has 0 unspecified atom stereocenters. The fourth-order valence-electron chi connectivity index (χ4n) is 1.25. The molecule has 1 aromatic rings. The molecule has 108 valence electrons. The lowest BCUT2D eigenvalue weighted by atomic mass is 9.96. The van der Waals surface area contributed by atoms with Crippen molar-refractivity contribution in [2.24, 2.45) is 5.41 Å². The van der Waals surface area contributed by atoms with E-state index in [0.29, 0.717) is 10.2 Å². The summed E-state index contributed by atoms with van der Waals surface area (Å²) in [5, 5.41) is 14.4. The van der Waals surface area contributed by atoms with Gasteiger partial charge >= 0.3 is 5.97 Å². The van der Waals surface area contributed by atoms with Crippen molar-refractivity contribution in [2.75, 3.05) is 5.32 Å². The Morgan fingerprint density at radius 2 is 1.90 bits per heavy atom. The van der Waals surface area contributed by atoms with Gasteiger partial charge in [-0.3, -0.25) is 4.79 Å². The van der Waals surface area contributed by atoms with Crippen molar-refractivity contribution >= 4 is 50.8 Å². The largest absolute Gasteiger partial charge is 0.478 e. The van der Waals surface area contributed by atoms with E-state index in [9.17, 15) is 9.59 Å². The summed E-state index contributed by atoms with van der Waals surface area (Å²) in [5.41, 5.74) is -0.201. The van der Waals surface area contributed by atoms with Gasteiger partial charge in [0.1, 0.15) is 0 Å². The normalized spacial score (nSPS) is 10.8. The number of amides is 1. The molecule has 0 aromatic heterocycles. The quantitative estimate of drug-likeness (QED) is 0.708. The van der Waals surface area contributed by atoms with E-state index < -0.39 is 11.4 Å². The number of benzene rings is 1. The molecule has 0 radical (unpaired) electrons. The van der Waals surface area contributed by atoms with Gasteiger partial charge in [0.05, 0.1) is 11.3 Å². The number of anilines is 1. The van der Waals surface area contributed by atoms with Crippen LogP contribution in [-0.2, 0) is 4.79 Å². The first-order valence-corrected chi connectivity index (χ1v) is 6.96. The van der Waals surface area contributed by atoms with Gasteiger partial charge in [-0.15, -0.1) is 0 Å². The van der Waals surface area contributed by atoms with Crippen molar-refractivity contribution < 1.29 is 14.7 Å². The molecular formula is C13H15BrN2O3S. The van der Waals surface area contributed by atoms with Crippen LogP contribution in [0.1, 0.15) is 31.1 Å². The number of hydrogen-bond donors (Lipinski definition) is 3. The fraction of sp³-hybridized carbons (Fsp3) is 0.308. The van der Waals surface area contributed by atoms with Crippen LogP contribution >= 0.6 is 28.1 Å². The molecule has 1 rings (SSSR count). The molecule has 0 fully saturated rings. The van der Waals surface area contributed by atoms with Crippen molar-refractivity contribution in [3.63, 3.8) is 0 Å². The number of carbonyl (C=O) groups excluding carboxylic acids is 1. The molecule has 0 heterocycles. The number of rotatable bonds is 2. The molecule has 5 nitrogen and oxygen atoms in total. The minimum atomic E-state index is -1.08. The van der Waals surface area contributed by atoms with E-state index in [1.165, 1.54) is 6.07 Å². The van der Waals surface area contributed by atoms with Gasteiger partial charge in [0.15, 0.2) is 5.11 Å². The monoisotopic (exact) mass is 358 g/mol. The molecule has 0 saturated heterocycles. The molecule has 20 heavy (non-hydrogen) atoms. The Labute approximate surface area is 130 Å². The summed E-state index contributed by atoms with van der Waals surface area (Å²) in [6.07, 6.45) is 0. The van der Waals surface area contributed by atoms with Gasteiger partial charge < -0.3 is 15.7 Å². The molecule has 3 N–H and O–H groups in total. The SMILES string of the molecule is CC(C)(C)C(=O)NC(=S)Nc1ccc(Br)cc1C(=O)O. The van der Waals surface area contributed by atoms with Crippen LogP contribution in [0, 0.1) is 5.41 Å². The Morgan fingerprint density at radius 1 is 1.30 bits per heavy atom. The summed E-state index contributed by atoms with van der Waals surface area (Å²) in [6.45, 7) is 5.27. The van der Waals surface area contributed by atoms with Gasteiger partial charge in [-0.1, -0.05) is 36.7 Å². The van der Waals surface area contributed by atoms with Gasteiger partial charge in [-0.05, 0) is 30.4 Å². The molecule has 0 aliphatic heterocycles. The number of carboxylic acids is 1. The van der Waals surface area contributed by atoms with E-state index in [1.54, 1.807) is 32.9 Å². The highest BCUT2D eigenvalue weighted by Gasteiger charge is 2.22. The first kappa shape index (κ1) is 16.6. The molecule has 0 aliphatic rings. The van der Waals surface area contributed by atoms with Crippen molar-refractivity contribution in [3.05, 3.63) is 28.2 Å². The Balaban J connectivity index is 2.87. The highest BCUT2D eigenvalue weighted by Crippen LogP contribution is 2.21. The second kappa shape index (κ2) is 6.32. The van der Waals surface area contributed by atoms with Gasteiger partial charge in [0, 0.05) is 9.89 Å². The van der Waals surface area contributed by atoms with Crippen molar-refractivity contribution in [2.45, 2.75) is 20.8 Å². The summed E-state index contributed by atoms with van der Waals surface area (Å²) in [7, 11) is 0. The van der Waals surface area contributed by atoms with Crippen LogP contribution < -0.4 is 10.6 Å². The standard InChI is InChI=1S/C13H15BrN2O3S/c1-13(2,3)11(19)16-12(20)15-9-5-4-7(14)6-8(9)10(17)18/h4-6H,1-3H3,(H,17,18)(H2,15,16,19,20). The minimum Gasteiger partial charge on any atom is -0.478 e. The third-order valence-corrected chi connectivity index (χ3v) is 3.07. The maximum atomic E-state index is 11.8. The molecule has 0 bridgehead atoms. The van der Waals surface area contributed by atoms with Crippen LogP contribution in [0.4, 0.5) is 5.69 Å². The van der Waals surface area contributed by atoms with Crippen LogP contribution in [-0.4, -0.2) is 22.1 Å². The summed E-state index contributed by atoms with van der Waals surface area (Å²) < 4.78 is 0.644. The number of carboxylic acid groups (broad SMARTS) is 1. The predicted molar refractivity (Wildman–Crippen MR) is 84.9 cm³/mol. The maximum absolute atomic E-state index is 11.8. The average molecular weight is 359 g/mol. The van der Waals surface area contributed by atoms with Crippen LogP contribution in [0.3, 0.4) is 0 Å². The lowest BCUT2D eigenvalue weighted by Crippen LogP contribution is -2.41. The average Bonchev–Trinajstić information content (AvgIpc) is 2.29. The first-order valence-electron chi connectivity index (χ1n) is 5.76. The highest BCUT2D eigenvalue weighted by molar-refractivity contribution is 9.10. The van der Waals surface area contributed by atoms with Crippen LogP contribution in [0.15, 0.2) is 22.7 Å². The number of thiocarbonyl (C=S) groups is 1. The Morgan fingerprint density at radius 3 is 2.40 bits per heavy atom. The molecule has 0 aliphatic carbocycles. The van der Waals surface area contributed by atoms with Crippen LogP contribution in [0.5, 0.6) is 0 Å². The lowest BCUT2D eigenvalue weighted by Gasteiger charge is -2.19. The van der Waals surface area contributed by atoms with Crippen molar-refractivity contribution in [1.29, 1.82) is 0 Å². The zero-order valence-electron chi connectivity index (χ0n) is 11.3. The summed E-state index contributed by atoms with van der Waals surface area (Å²) in [6, 6.07) is 4.71. The Kier molecular flexibility index (Phi) is 5.24. The number of hydrogen-bond acceptors (Lipinski definition) is 3. The molecular weight excluding hydrogens is 344 g/mol. The van der Waals surface area contributed by atoms with Crippen LogP contribution in [0.25, 0.3) is 0 Å². The van der Waals surface area contributed by atoms with Crippen LogP contribution in [0.2, 0.25) is 0 Å². The second-order valence-electron chi connectivity index (χ2n) is 5.15. The molecule has 1 amide bonds. The minimum absolute atomic E-state index is 0.0618. The Bertz CT molecular complexity index is 567. The number of nitrogens with one attached hydrogen (secondary N) is 2. The third-order valence-electron chi connectivity index (χ3n) is 2.37. The van der Waals surface area contributed by atoms with E-state index >= 15 is 0 Å². The number of carbonyl (C=O) groups is 2. The van der Waals surface area contributed by atoms with Crippen molar-refractivity contribution in [1.82, 2.24) is 5.32 Å². The van der Waals surface area contributed by atoms with E-state index in [1.807, 2.05) is 0 Å². The highest BCUT2D eigenvalue weighted by atomic mass is 79.9. The van der Waals surface area contributed by atoms with Gasteiger partial charge in [-0.2, -0.15) is 0 Å². The predicted octanol–water partition coefficient (Wildman–Crippen LogP) is 3.01. The number of halogens is 1. The summed E-state index contributed by atoms with van der Waals surface area (Å²) in [5.74, 6) is -1.33. The van der Waals surface area contributed by atoms with Gasteiger partial charge in [0.25, 0.3) is 0 Å². The second-order valence-corrected chi connectivity index (χ2v) is 6.48. The van der Waals surface area contributed by atoms with E-state index in [2.05, 4.69) is 26.6 Å². The molecule has 0 spiro atoms. The molecule has 0 atom stereocenters. The molecule has 7 heteroatoms. The van der Waals surface area contributed by atoms with Gasteiger partial charge in [0.2, 0.25) is 5.91 Å². The van der Waals surface area contributed by atoms with E-state index in [0.717, 1.165) is 0 Å². The topological polar surface area (TPSA) is 78.4 Å². The zero-order chi connectivity index (χ0) is 15.5. The van der Waals surface area contributed by atoms with E-state index in [-0.39, 0.29) is 16.6 Å². The zero-order valence-corrected chi connectivity index (χ0v) is 13.7. The smallest absolute Gasteiger partial charge is 0.337 e. The maximum Gasteiger partial charge on any atom is 0.337 e. The van der Waals surface area contributed by atoms with E-state index in [4.69, 9.17) is 17.3 Å². The van der Waals surface area contributed by atoms with Crippen molar-refractivity contribution in [3.8, 4) is 0 Å².